The number of carbonyl (C=O) groups excluding carboxylic acids is 1. The molecule has 0 atom stereocenters. The fraction of sp³-hybridized carbons (Fsp3) is 0.200. The van der Waals surface area contributed by atoms with Gasteiger partial charge in [0.25, 0.3) is 0 Å². The van der Waals surface area contributed by atoms with Crippen LogP contribution in [0.15, 0.2) is 56.1 Å². The zero-order valence-corrected chi connectivity index (χ0v) is 15.8. The first-order valence-corrected chi connectivity index (χ1v) is 9.14. The number of halogens is 1. The Morgan fingerprint density at radius 3 is 2.70 bits per heavy atom. The van der Waals surface area contributed by atoms with E-state index in [9.17, 15) is 9.59 Å². The summed E-state index contributed by atoms with van der Waals surface area (Å²) >= 11 is 3.34. The van der Waals surface area contributed by atoms with E-state index in [2.05, 4.69) is 15.9 Å². The summed E-state index contributed by atoms with van der Waals surface area (Å²) in [5, 5.41) is 0.727. The van der Waals surface area contributed by atoms with E-state index in [1.165, 1.54) is 6.07 Å². The molecule has 1 aromatic heterocycles. The summed E-state index contributed by atoms with van der Waals surface area (Å²) in [5.41, 5.74) is 1.32. The summed E-state index contributed by atoms with van der Waals surface area (Å²) in [6.07, 6.45) is 0.0988. The van der Waals surface area contributed by atoms with Crippen LogP contribution in [0, 0.1) is 0 Å². The maximum atomic E-state index is 12.2. The number of benzene rings is 2. The molecular weight excluding hydrogens is 416 g/mol. The third-order valence-corrected chi connectivity index (χ3v) is 4.63. The highest BCUT2D eigenvalue weighted by molar-refractivity contribution is 9.10. The van der Waals surface area contributed by atoms with Crippen LogP contribution in [0.2, 0.25) is 0 Å². The lowest BCUT2D eigenvalue weighted by Gasteiger charge is -2.18. The van der Waals surface area contributed by atoms with Gasteiger partial charge in [-0.1, -0.05) is 22.0 Å². The first-order chi connectivity index (χ1) is 13.1. The van der Waals surface area contributed by atoms with E-state index in [-0.39, 0.29) is 13.0 Å². The van der Waals surface area contributed by atoms with Gasteiger partial charge in [-0.15, -0.1) is 0 Å². The Labute approximate surface area is 162 Å². The molecular formula is C20H15BrO6. The molecule has 3 aromatic rings. The molecule has 0 fully saturated rings. The molecule has 0 saturated carbocycles. The van der Waals surface area contributed by atoms with Gasteiger partial charge >= 0.3 is 11.6 Å². The van der Waals surface area contributed by atoms with Gasteiger partial charge in [0.2, 0.25) is 0 Å². The van der Waals surface area contributed by atoms with Gasteiger partial charge in [0.1, 0.15) is 25.4 Å². The second-order valence-electron chi connectivity index (χ2n) is 6.05. The van der Waals surface area contributed by atoms with Crippen LogP contribution in [-0.2, 0) is 22.6 Å². The normalized spacial score (nSPS) is 12.8. The van der Waals surface area contributed by atoms with Crippen LogP contribution >= 0.6 is 15.9 Å². The second-order valence-corrected chi connectivity index (χ2v) is 6.96. The summed E-state index contributed by atoms with van der Waals surface area (Å²) in [6, 6.07) is 12.1. The lowest BCUT2D eigenvalue weighted by molar-refractivity contribution is -0.144. The lowest BCUT2D eigenvalue weighted by atomic mass is 10.1. The first-order valence-electron chi connectivity index (χ1n) is 8.35. The fourth-order valence-electron chi connectivity index (χ4n) is 2.90. The van der Waals surface area contributed by atoms with Crippen LogP contribution in [0.4, 0.5) is 0 Å². The average Bonchev–Trinajstić information content (AvgIpc) is 2.65. The van der Waals surface area contributed by atoms with Crippen molar-refractivity contribution in [2.75, 3.05) is 13.2 Å². The van der Waals surface area contributed by atoms with Crippen molar-refractivity contribution in [2.24, 2.45) is 0 Å². The van der Waals surface area contributed by atoms with E-state index < -0.39 is 11.6 Å². The molecule has 0 radical (unpaired) electrons. The van der Waals surface area contributed by atoms with Crippen LogP contribution in [-0.4, -0.2) is 19.2 Å². The molecule has 0 aliphatic carbocycles. The minimum atomic E-state index is -0.488. The molecule has 4 rings (SSSR count). The molecule has 27 heavy (non-hydrogen) atoms. The quantitative estimate of drug-likeness (QED) is 0.464. The summed E-state index contributed by atoms with van der Waals surface area (Å²) < 4.78 is 22.3. The highest BCUT2D eigenvalue weighted by Gasteiger charge is 2.14. The average molecular weight is 431 g/mol. The van der Waals surface area contributed by atoms with E-state index in [0.717, 1.165) is 15.4 Å². The topological polar surface area (TPSA) is 75.0 Å². The zero-order chi connectivity index (χ0) is 18.8. The number of ether oxygens (including phenoxy) is 3. The standard InChI is InChI=1S/C20H15BrO6/c21-14-2-3-15-13(9-20(23)27-17(15)10-14)11-26-19(22)8-12-1-4-16-18(7-12)25-6-5-24-16/h1-4,7,9-10H,5-6,8,11H2. The van der Waals surface area contributed by atoms with E-state index in [1.807, 2.05) is 12.1 Å². The molecule has 1 aliphatic rings. The molecule has 1 aliphatic heterocycles. The minimum absolute atomic E-state index is 0.00683. The predicted molar refractivity (Wildman–Crippen MR) is 101 cm³/mol. The maximum Gasteiger partial charge on any atom is 0.336 e. The van der Waals surface area contributed by atoms with Gasteiger partial charge in [0.15, 0.2) is 11.5 Å². The van der Waals surface area contributed by atoms with Gasteiger partial charge in [0.05, 0.1) is 6.42 Å². The molecule has 0 unspecified atom stereocenters. The molecule has 0 saturated heterocycles. The van der Waals surface area contributed by atoms with Crippen molar-refractivity contribution in [1.29, 1.82) is 0 Å². The van der Waals surface area contributed by atoms with E-state index >= 15 is 0 Å². The molecule has 0 N–H and O–H groups in total. The van der Waals surface area contributed by atoms with Crippen LogP contribution < -0.4 is 15.1 Å². The third kappa shape index (κ3) is 3.98. The largest absolute Gasteiger partial charge is 0.486 e. The SMILES string of the molecule is O=C(Cc1ccc2c(c1)OCCO2)OCc1cc(=O)oc2cc(Br)ccc12. The van der Waals surface area contributed by atoms with Gasteiger partial charge in [0, 0.05) is 21.5 Å². The summed E-state index contributed by atoms with van der Waals surface area (Å²) in [7, 11) is 0. The molecule has 2 aromatic carbocycles. The van der Waals surface area contributed by atoms with E-state index in [4.69, 9.17) is 18.6 Å². The molecule has 7 heteroatoms. The molecule has 0 bridgehead atoms. The van der Waals surface area contributed by atoms with Crippen molar-refractivity contribution in [1.82, 2.24) is 0 Å². The van der Waals surface area contributed by atoms with Gasteiger partial charge < -0.3 is 18.6 Å². The van der Waals surface area contributed by atoms with Crippen molar-refractivity contribution in [2.45, 2.75) is 13.0 Å². The van der Waals surface area contributed by atoms with Gasteiger partial charge in [-0.25, -0.2) is 4.79 Å². The number of hydrogen-bond donors (Lipinski definition) is 0. The van der Waals surface area contributed by atoms with Crippen molar-refractivity contribution in [3.05, 3.63) is 68.5 Å². The second kappa shape index (κ2) is 7.44. The Morgan fingerprint density at radius 1 is 1.04 bits per heavy atom. The summed E-state index contributed by atoms with van der Waals surface area (Å²) in [6.45, 7) is 0.998. The Kier molecular flexibility index (Phi) is 4.85. The lowest BCUT2D eigenvalue weighted by Crippen LogP contribution is -2.16. The fourth-order valence-corrected chi connectivity index (χ4v) is 3.24. The molecule has 0 spiro atoms. The minimum Gasteiger partial charge on any atom is -0.486 e. The highest BCUT2D eigenvalue weighted by atomic mass is 79.9. The molecule has 138 valence electrons. The number of carbonyl (C=O) groups is 1. The Morgan fingerprint density at radius 2 is 1.85 bits per heavy atom. The zero-order valence-electron chi connectivity index (χ0n) is 14.2. The van der Waals surface area contributed by atoms with Gasteiger partial charge in [-0.05, 0) is 35.9 Å². The maximum absolute atomic E-state index is 12.2. The van der Waals surface area contributed by atoms with E-state index in [0.29, 0.717) is 35.9 Å². The van der Waals surface area contributed by atoms with Crippen molar-refractivity contribution < 1.29 is 23.4 Å². The highest BCUT2D eigenvalue weighted by Crippen LogP contribution is 2.31. The van der Waals surface area contributed by atoms with Gasteiger partial charge in [-0.3, -0.25) is 4.79 Å². The number of rotatable bonds is 4. The van der Waals surface area contributed by atoms with Crippen molar-refractivity contribution >= 4 is 32.9 Å². The summed E-state index contributed by atoms with van der Waals surface area (Å²) in [4.78, 5) is 24.0. The van der Waals surface area contributed by atoms with Crippen LogP contribution in [0.5, 0.6) is 11.5 Å². The van der Waals surface area contributed by atoms with Gasteiger partial charge in [-0.2, -0.15) is 0 Å². The number of esters is 1. The monoisotopic (exact) mass is 430 g/mol. The van der Waals surface area contributed by atoms with Crippen molar-refractivity contribution in [3.63, 3.8) is 0 Å². The Bertz CT molecular complexity index is 1070. The third-order valence-electron chi connectivity index (χ3n) is 4.14. The van der Waals surface area contributed by atoms with E-state index in [1.54, 1.807) is 24.3 Å². The number of hydrogen-bond acceptors (Lipinski definition) is 6. The Hall–Kier alpha value is -2.80. The summed E-state index contributed by atoms with van der Waals surface area (Å²) in [5.74, 6) is 0.904. The van der Waals surface area contributed by atoms with Crippen LogP contribution in [0.25, 0.3) is 11.0 Å². The first kappa shape index (κ1) is 17.6. The Balaban J connectivity index is 1.47. The number of fused-ring (bicyclic) bond motifs is 2. The van der Waals surface area contributed by atoms with Crippen LogP contribution in [0.1, 0.15) is 11.1 Å². The molecule has 6 nitrogen and oxygen atoms in total. The molecule has 0 amide bonds. The van der Waals surface area contributed by atoms with Crippen molar-refractivity contribution in [3.8, 4) is 11.5 Å². The molecule has 2 heterocycles. The predicted octanol–water partition coefficient (Wildman–Crippen LogP) is 3.61. The van der Waals surface area contributed by atoms with Crippen LogP contribution in [0.3, 0.4) is 0 Å². The smallest absolute Gasteiger partial charge is 0.336 e.